The zero-order valence-corrected chi connectivity index (χ0v) is 17.5. The molecule has 3 aromatic rings. The Morgan fingerprint density at radius 3 is 2.42 bits per heavy atom. The van der Waals surface area contributed by atoms with Crippen LogP contribution in [0.4, 0.5) is 30.8 Å². The van der Waals surface area contributed by atoms with Gasteiger partial charge < -0.3 is 19.7 Å². The number of rotatable bonds is 6. The molecule has 2 aromatic heterocycles. The first kappa shape index (κ1) is 21.4. The zero-order chi connectivity index (χ0) is 22.8. The summed E-state index contributed by atoms with van der Waals surface area (Å²) in [7, 11) is 0. The summed E-state index contributed by atoms with van der Waals surface area (Å²) in [4.78, 5) is 10.4. The van der Waals surface area contributed by atoms with E-state index in [2.05, 4.69) is 30.2 Å². The van der Waals surface area contributed by atoms with E-state index in [0.717, 1.165) is 31.4 Å². The number of hydrogen-bond acceptors (Lipinski definition) is 8. The van der Waals surface area contributed by atoms with Gasteiger partial charge in [-0.3, -0.25) is 0 Å². The van der Waals surface area contributed by atoms with E-state index < -0.39 is 12.6 Å². The summed E-state index contributed by atoms with van der Waals surface area (Å²) >= 11 is 0. The highest BCUT2D eigenvalue weighted by molar-refractivity contribution is 5.67. The van der Waals surface area contributed by atoms with Crippen LogP contribution in [-0.4, -0.2) is 52.1 Å². The normalized spacial score (nSPS) is 17.2. The van der Waals surface area contributed by atoms with Gasteiger partial charge in [-0.2, -0.15) is 28.2 Å². The lowest BCUT2D eigenvalue weighted by Gasteiger charge is -2.47. The van der Waals surface area contributed by atoms with Crippen LogP contribution in [-0.2, 0) is 4.74 Å². The average molecular weight is 458 g/mol. The lowest BCUT2D eigenvalue weighted by molar-refractivity contribution is -0.158. The van der Waals surface area contributed by atoms with E-state index in [0.29, 0.717) is 30.4 Å². The van der Waals surface area contributed by atoms with Crippen molar-refractivity contribution in [2.24, 2.45) is 0 Å². The Morgan fingerprint density at radius 2 is 1.76 bits per heavy atom. The van der Waals surface area contributed by atoms with Gasteiger partial charge in [0.1, 0.15) is 11.6 Å². The molecule has 0 saturated carbocycles. The number of piperidine rings is 1. The fraction of sp³-hybridized carbons (Fsp3) is 0.364. The third-order valence-electron chi connectivity index (χ3n) is 5.93. The molecular formula is C22H21F3N6O2. The van der Waals surface area contributed by atoms with Crippen molar-refractivity contribution in [1.29, 1.82) is 0 Å². The predicted octanol–water partition coefficient (Wildman–Crippen LogP) is 4.18. The van der Waals surface area contributed by atoms with Crippen molar-refractivity contribution in [3.63, 3.8) is 0 Å². The van der Waals surface area contributed by atoms with Crippen LogP contribution in [0.15, 0.2) is 42.6 Å². The fourth-order valence-corrected chi connectivity index (χ4v) is 4.06. The SMILES string of the molecule is Fc1cc(Nc2cc(-c3ccc(OC(F)F)cc3)cnn2)nc(N2CCC3(CCO3)CC2)n1. The fourth-order valence-electron chi connectivity index (χ4n) is 4.06. The second kappa shape index (κ2) is 8.81. The topological polar surface area (TPSA) is 85.3 Å². The Hall–Kier alpha value is -3.47. The molecule has 0 aliphatic carbocycles. The van der Waals surface area contributed by atoms with E-state index in [1.165, 1.54) is 24.4 Å². The number of nitrogens with zero attached hydrogens (tertiary/aromatic N) is 5. The van der Waals surface area contributed by atoms with Crippen LogP contribution in [0.2, 0.25) is 0 Å². The molecule has 2 aliphatic rings. The zero-order valence-electron chi connectivity index (χ0n) is 17.5. The van der Waals surface area contributed by atoms with E-state index in [-0.39, 0.29) is 17.2 Å². The molecule has 0 unspecified atom stereocenters. The molecule has 0 amide bonds. The van der Waals surface area contributed by atoms with Gasteiger partial charge in [0, 0.05) is 24.7 Å². The molecule has 0 radical (unpaired) electrons. The summed E-state index contributed by atoms with van der Waals surface area (Å²) in [6.45, 7) is -0.685. The molecule has 11 heteroatoms. The Bertz CT molecular complexity index is 1120. The van der Waals surface area contributed by atoms with Crippen LogP contribution in [0.5, 0.6) is 5.75 Å². The molecule has 1 spiro atoms. The Balaban J connectivity index is 1.30. The van der Waals surface area contributed by atoms with E-state index in [1.807, 2.05) is 4.90 Å². The maximum atomic E-state index is 14.2. The van der Waals surface area contributed by atoms with Crippen LogP contribution < -0.4 is 15.0 Å². The predicted molar refractivity (Wildman–Crippen MR) is 114 cm³/mol. The van der Waals surface area contributed by atoms with Gasteiger partial charge in [0.2, 0.25) is 11.9 Å². The van der Waals surface area contributed by atoms with Crippen molar-refractivity contribution in [1.82, 2.24) is 20.2 Å². The second-order valence-electron chi connectivity index (χ2n) is 8.00. The smallest absolute Gasteiger partial charge is 0.387 e. The van der Waals surface area contributed by atoms with Gasteiger partial charge in [-0.1, -0.05) is 12.1 Å². The molecule has 5 rings (SSSR count). The maximum Gasteiger partial charge on any atom is 0.387 e. The third-order valence-corrected chi connectivity index (χ3v) is 5.93. The largest absolute Gasteiger partial charge is 0.435 e. The molecule has 2 saturated heterocycles. The Labute approximate surface area is 187 Å². The van der Waals surface area contributed by atoms with Gasteiger partial charge in [0.15, 0.2) is 5.82 Å². The monoisotopic (exact) mass is 458 g/mol. The molecule has 4 heterocycles. The van der Waals surface area contributed by atoms with Gasteiger partial charge in [0.25, 0.3) is 0 Å². The molecular weight excluding hydrogens is 437 g/mol. The molecule has 2 aliphatic heterocycles. The average Bonchev–Trinajstić information content (AvgIpc) is 2.78. The van der Waals surface area contributed by atoms with E-state index in [9.17, 15) is 13.2 Å². The van der Waals surface area contributed by atoms with E-state index in [4.69, 9.17) is 4.74 Å². The molecule has 1 N–H and O–H groups in total. The summed E-state index contributed by atoms with van der Waals surface area (Å²) in [5, 5.41) is 11.0. The van der Waals surface area contributed by atoms with Crippen molar-refractivity contribution >= 4 is 17.6 Å². The summed E-state index contributed by atoms with van der Waals surface area (Å²) in [6, 6.07) is 9.05. The Kier molecular flexibility index (Phi) is 5.71. The maximum absolute atomic E-state index is 14.2. The number of halogens is 3. The van der Waals surface area contributed by atoms with Crippen molar-refractivity contribution in [3.05, 3.63) is 48.5 Å². The second-order valence-corrected chi connectivity index (χ2v) is 8.00. The van der Waals surface area contributed by atoms with Crippen molar-refractivity contribution in [2.45, 2.75) is 31.5 Å². The van der Waals surface area contributed by atoms with Crippen molar-refractivity contribution < 1.29 is 22.6 Å². The molecule has 172 valence electrons. The quantitative estimate of drug-likeness (QED) is 0.551. The molecule has 1 aromatic carbocycles. The number of nitrogens with one attached hydrogen (secondary N) is 1. The van der Waals surface area contributed by atoms with Crippen molar-refractivity contribution in [3.8, 4) is 16.9 Å². The minimum Gasteiger partial charge on any atom is -0.435 e. The number of benzene rings is 1. The number of anilines is 3. The number of aromatic nitrogens is 4. The summed E-state index contributed by atoms with van der Waals surface area (Å²) in [5.41, 5.74) is 1.39. The summed E-state index contributed by atoms with van der Waals surface area (Å²) < 4.78 is 49.0. The first-order valence-corrected chi connectivity index (χ1v) is 10.6. The van der Waals surface area contributed by atoms with Crippen LogP contribution >= 0.6 is 0 Å². The summed E-state index contributed by atoms with van der Waals surface area (Å²) in [6.07, 6.45) is 4.33. The van der Waals surface area contributed by atoms with Crippen LogP contribution in [0.1, 0.15) is 19.3 Å². The van der Waals surface area contributed by atoms with Gasteiger partial charge in [0.05, 0.1) is 18.4 Å². The number of hydrogen-bond donors (Lipinski definition) is 1. The molecule has 0 atom stereocenters. The number of alkyl halides is 2. The van der Waals surface area contributed by atoms with Crippen molar-refractivity contribution in [2.75, 3.05) is 29.9 Å². The minimum absolute atomic E-state index is 0.0231. The van der Waals surface area contributed by atoms with Crippen LogP contribution in [0.25, 0.3) is 11.1 Å². The molecule has 8 nitrogen and oxygen atoms in total. The number of ether oxygens (including phenoxy) is 2. The molecule has 2 fully saturated rings. The standard InChI is InChI=1S/C22H21F3N6O2/c23-17-12-18(29-21(27-17)31-8-5-22(6-9-31)7-10-32-22)28-19-11-15(13-26-30-19)14-1-3-16(4-2-14)33-20(24)25/h1-4,11-13,20H,5-10H2,(H,27,28,29,30). The highest BCUT2D eigenvalue weighted by Crippen LogP contribution is 2.37. The first-order chi connectivity index (χ1) is 16.0. The lowest BCUT2D eigenvalue weighted by atomic mass is 9.84. The summed E-state index contributed by atoms with van der Waals surface area (Å²) in [5.74, 6) is 0.326. The van der Waals surface area contributed by atoms with Crippen LogP contribution in [0.3, 0.4) is 0 Å². The molecule has 0 bridgehead atoms. The third kappa shape index (κ3) is 4.82. The highest BCUT2D eigenvalue weighted by atomic mass is 19.3. The van der Waals surface area contributed by atoms with E-state index >= 15 is 0 Å². The van der Waals surface area contributed by atoms with Gasteiger partial charge in [-0.05, 0) is 43.0 Å². The minimum atomic E-state index is -2.88. The first-order valence-electron chi connectivity index (χ1n) is 10.6. The lowest BCUT2D eigenvalue weighted by Crippen LogP contribution is -2.52. The van der Waals surface area contributed by atoms with Gasteiger partial charge in [-0.15, -0.1) is 5.10 Å². The Morgan fingerprint density at radius 1 is 1.00 bits per heavy atom. The highest BCUT2D eigenvalue weighted by Gasteiger charge is 2.41. The molecule has 33 heavy (non-hydrogen) atoms. The van der Waals surface area contributed by atoms with Gasteiger partial charge in [-0.25, -0.2) is 0 Å². The van der Waals surface area contributed by atoms with E-state index in [1.54, 1.807) is 18.2 Å². The van der Waals surface area contributed by atoms with Gasteiger partial charge >= 0.3 is 6.61 Å². The van der Waals surface area contributed by atoms with Crippen LogP contribution in [0, 0.1) is 5.95 Å².